The zero-order valence-corrected chi connectivity index (χ0v) is 11.3. The van der Waals surface area contributed by atoms with Crippen molar-refractivity contribution in [3.8, 4) is 0 Å². The van der Waals surface area contributed by atoms with Gasteiger partial charge in [-0.2, -0.15) is 0 Å². The van der Waals surface area contributed by atoms with Gasteiger partial charge in [-0.25, -0.2) is 0 Å². The first-order chi connectivity index (χ1) is 7.56. The molecule has 0 bridgehead atoms. The predicted molar refractivity (Wildman–Crippen MR) is 70.8 cm³/mol. The fraction of sp³-hybridized carbons (Fsp3) is 0.692. The Hall–Kier alpha value is -0.380. The van der Waals surface area contributed by atoms with Gasteiger partial charge in [-0.1, -0.05) is 0 Å². The highest BCUT2D eigenvalue weighted by molar-refractivity contribution is 7.12. The summed E-state index contributed by atoms with van der Waals surface area (Å²) >= 11 is 1.91. The summed E-state index contributed by atoms with van der Waals surface area (Å²) in [6.07, 6.45) is 1.26. The smallest absolute Gasteiger partial charge is 0.0244 e. The molecular weight excluding hydrogens is 216 g/mol. The number of hydrogen-bond donors (Lipinski definition) is 1. The third-order valence-corrected chi connectivity index (χ3v) is 4.60. The summed E-state index contributed by atoms with van der Waals surface area (Å²) in [6.45, 7) is 10.0. The Morgan fingerprint density at radius 1 is 1.56 bits per heavy atom. The second kappa shape index (κ2) is 4.86. The van der Waals surface area contributed by atoms with Gasteiger partial charge < -0.3 is 5.73 Å². The van der Waals surface area contributed by atoms with E-state index in [-0.39, 0.29) is 0 Å². The molecule has 2 unspecified atom stereocenters. The lowest BCUT2D eigenvalue weighted by atomic mass is 10.0. The molecule has 2 heterocycles. The van der Waals surface area contributed by atoms with Gasteiger partial charge >= 0.3 is 0 Å². The minimum absolute atomic E-state index is 0.343. The number of thiophene rings is 1. The van der Waals surface area contributed by atoms with E-state index in [4.69, 9.17) is 5.73 Å². The van der Waals surface area contributed by atoms with E-state index >= 15 is 0 Å². The van der Waals surface area contributed by atoms with Crippen molar-refractivity contribution in [2.75, 3.05) is 13.1 Å². The molecule has 0 saturated carbocycles. The number of aryl methyl sites for hydroxylation is 2. The fourth-order valence-electron chi connectivity index (χ4n) is 2.52. The zero-order valence-electron chi connectivity index (χ0n) is 10.5. The van der Waals surface area contributed by atoms with Gasteiger partial charge in [0.05, 0.1) is 0 Å². The van der Waals surface area contributed by atoms with Gasteiger partial charge in [0.2, 0.25) is 0 Å². The first kappa shape index (κ1) is 12.1. The molecule has 1 aliphatic heterocycles. The SMILES string of the molecule is Cc1cc(CN2CCC(C(C)N)C2)c(C)s1. The molecule has 0 radical (unpaired) electrons. The van der Waals surface area contributed by atoms with Crippen molar-refractivity contribution in [3.05, 3.63) is 21.4 Å². The maximum absolute atomic E-state index is 5.96. The number of hydrogen-bond acceptors (Lipinski definition) is 3. The molecule has 90 valence electrons. The topological polar surface area (TPSA) is 29.3 Å². The predicted octanol–water partition coefficient (Wildman–Crippen LogP) is 2.53. The van der Waals surface area contributed by atoms with Gasteiger partial charge in [0.1, 0.15) is 0 Å². The van der Waals surface area contributed by atoms with Crippen LogP contribution in [-0.2, 0) is 6.54 Å². The Balaban J connectivity index is 1.94. The number of nitrogens with zero attached hydrogens (tertiary/aromatic N) is 1. The van der Waals surface area contributed by atoms with Crippen molar-refractivity contribution in [3.63, 3.8) is 0 Å². The van der Waals surface area contributed by atoms with E-state index in [9.17, 15) is 0 Å². The Morgan fingerprint density at radius 3 is 2.81 bits per heavy atom. The van der Waals surface area contributed by atoms with Crippen LogP contribution in [0.15, 0.2) is 6.07 Å². The number of likely N-dealkylation sites (tertiary alicyclic amines) is 1. The Bertz CT molecular complexity index is 357. The van der Waals surface area contributed by atoms with E-state index in [0.717, 1.165) is 6.54 Å². The molecule has 16 heavy (non-hydrogen) atoms. The summed E-state index contributed by atoms with van der Waals surface area (Å²) in [5, 5.41) is 0. The van der Waals surface area contributed by atoms with Crippen molar-refractivity contribution < 1.29 is 0 Å². The lowest BCUT2D eigenvalue weighted by molar-refractivity contribution is 0.308. The van der Waals surface area contributed by atoms with E-state index < -0.39 is 0 Å². The molecule has 0 aliphatic carbocycles. The monoisotopic (exact) mass is 238 g/mol. The van der Waals surface area contributed by atoms with Crippen molar-refractivity contribution in [2.24, 2.45) is 11.7 Å². The van der Waals surface area contributed by atoms with Crippen LogP contribution < -0.4 is 5.73 Å². The van der Waals surface area contributed by atoms with Crippen molar-refractivity contribution in [2.45, 2.75) is 39.8 Å². The summed E-state index contributed by atoms with van der Waals surface area (Å²) in [6, 6.07) is 2.68. The standard InChI is InChI=1S/C13H22N2S/c1-9-6-13(11(3)16-9)8-15-5-4-12(7-15)10(2)14/h6,10,12H,4-5,7-8,14H2,1-3H3. The van der Waals surface area contributed by atoms with Crippen LogP contribution in [0, 0.1) is 19.8 Å². The van der Waals surface area contributed by atoms with E-state index in [2.05, 4.69) is 31.7 Å². The Labute approximate surface area is 102 Å². The third-order valence-electron chi connectivity index (χ3n) is 3.59. The molecule has 2 nitrogen and oxygen atoms in total. The summed E-state index contributed by atoms with van der Waals surface area (Å²) in [4.78, 5) is 5.44. The van der Waals surface area contributed by atoms with Gasteiger partial charge in [-0.3, -0.25) is 4.90 Å². The van der Waals surface area contributed by atoms with Gasteiger partial charge in [0, 0.05) is 28.9 Å². The van der Waals surface area contributed by atoms with Crippen LogP contribution in [0.25, 0.3) is 0 Å². The molecule has 2 atom stereocenters. The molecular formula is C13H22N2S. The summed E-state index contributed by atoms with van der Waals surface area (Å²) in [5.41, 5.74) is 7.47. The number of rotatable bonds is 3. The molecule has 1 aromatic rings. The average molecular weight is 238 g/mol. The second-order valence-corrected chi connectivity index (χ2v) is 6.54. The Morgan fingerprint density at radius 2 is 2.31 bits per heavy atom. The van der Waals surface area contributed by atoms with Gasteiger partial charge in [-0.15, -0.1) is 11.3 Å². The first-order valence-electron chi connectivity index (χ1n) is 6.10. The lowest BCUT2D eigenvalue weighted by Crippen LogP contribution is -2.29. The molecule has 1 fully saturated rings. The van der Waals surface area contributed by atoms with E-state index in [1.165, 1.54) is 34.8 Å². The van der Waals surface area contributed by atoms with E-state index in [1.54, 1.807) is 0 Å². The largest absolute Gasteiger partial charge is 0.328 e. The van der Waals surface area contributed by atoms with Crippen molar-refractivity contribution in [1.29, 1.82) is 0 Å². The molecule has 0 aromatic carbocycles. The lowest BCUT2D eigenvalue weighted by Gasteiger charge is -2.17. The summed E-state index contributed by atoms with van der Waals surface area (Å²) < 4.78 is 0. The maximum Gasteiger partial charge on any atom is 0.0244 e. The third kappa shape index (κ3) is 2.65. The molecule has 1 aliphatic rings. The van der Waals surface area contributed by atoms with Crippen LogP contribution in [0.4, 0.5) is 0 Å². The first-order valence-corrected chi connectivity index (χ1v) is 6.91. The van der Waals surface area contributed by atoms with E-state index in [0.29, 0.717) is 12.0 Å². The van der Waals surface area contributed by atoms with Crippen molar-refractivity contribution in [1.82, 2.24) is 4.90 Å². The normalized spacial score (nSPS) is 23.9. The van der Waals surface area contributed by atoms with Crippen LogP contribution in [0.2, 0.25) is 0 Å². The molecule has 1 saturated heterocycles. The average Bonchev–Trinajstić information content (AvgIpc) is 2.75. The van der Waals surface area contributed by atoms with Crippen molar-refractivity contribution >= 4 is 11.3 Å². The number of nitrogens with two attached hydrogens (primary N) is 1. The highest BCUT2D eigenvalue weighted by Gasteiger charge is 2.25. The molecule has 2 rings (SSSR count). The molecule has 0 amide bonds. The molecule has 3 heteroatoms. The fourth-order valence-corrected chi connectivity index (χ4v) is 3.46. The molecule has 0 spiro atoms. The Kier molecular flexibility index (Phi) is 3.67. The van der Waals surface area contributed by atoms with Crippen LogP contribution >= 0.6 is 11.3 Å². The zero-order chi connectivity index (χ0) is 11.7. The van der Waals surface area contributed by atoms with Gasteiger partial charge in [0.15, 0.2) is 0 Å². The maximum atomic E-state index is 5.96. The highest BCUT2D eigenvalue weighted by atomic mass is 32.1. The van der Waals surface area contributed by atoms with Gasteiger partial charge in [0.25, 0.3) is 0 Å². The second-order valence-electron chi connectivity index (χ2n) is 5.08. The van der Waals surface area contributed by atoms with Crippen LogP contribution in [0.3, 0.4) is 0 Å². The van der Waals surface area contributed by atoms with E-state index in [1.807, 2.05) is 11.3 Å². The molecule has 2 N–H and O–H groups in total. The quantitative estimate of drug-likeness (QED) is 0.877. The highest BCUT2D eigenvalue weighted by Crippen LogP contribution is 2.25. The van der Waals surface area contributed by atoms with Crippen LogP contribution in [0.5, 0.6) is 0 Å². The summed E-state index contributed by atoms with van der Waals surface area (Å²) in [7, 11) is 0. The minimum Gasteiger partial charge on any atom is -0.328 e. The van der Waals surface area contributed by atoms with Crippen LogP contribution in [0.1, 0.15) is 28.7 Å². The van der Waals surface area contributed by atoms with Crippen LogP contribution in [-0.4, -0.2) is 24.0 Å². The minimum atomic E-state index is 0.343. The molecule has 1 aromatic heterocycles. The summed E-state index contributed by atoms with van der Waals surface area (Å²) in [5.74, 6) is 0.694. The van der Waals surface area contributed by atoms with Gasteiger partial charge in [-0.05, 0) is 51.3 Å².